The predicted molar refractivity (Wildman–Crippen MR) is 123 cm³/mol. The minimum atomic E-state index is -4.75. The summed E-state index contributed by atoms with van der Waals surface area (Å²) in [6.07, 6.45) is -4.75. The molecule has 3 heterocycles. The summed E-state index contributed by atoms with van der Waals surface area (Å²) < 4.78 is 65.1. The number of carbonyl (C=O) groups excluding carboxylic acids is 1. The van der Waals surface area contributed by atoms with Crippen molar-refractivity contribution in [1.82, 2.24) is 14.9 Å². The van der Waals surface area contributed by atoms with E-state index in [-0.39, 0.29) is 16.7 Å². The van der Waals surface area contributed by atoms with Crippen LogP contribution in [0.15, 0.2) is 59.0 Å². The summed E-state index contributed by atoms with van der Waals surface area (Å²) in [6, 6.07) is 11.8. The first-order valence-electron chi connectivity index (χ1n) is 11.1. The molecule has 1 amide bonds. The van der Waals surface area contributed by atoms with Crippen LogP contribution in [-0.2, 0) is 17.5 Å². The van der Waals surface area contributed by atoms with E-state index < -0.39 is 34.9 Å². The molecule has 186 valence electrons. The van der Waals surface area contributed by atoms with Gasteiger partial charge in [0.25, 0.3) is 5.91 Å². The number of aromatic nitrogens is 2. The standard InChI is InChI=1S/C25H20F4N4O3/c26-15-7-8-19(25(27,28)29)18(13-15)24-32-22-17(4-2-5-20(22)36-24)23(34)31-21-6-1-3-16(30-21)14-33-9-11-35-12-10-33/h1-8,13H,9-12,14H2,(H,30,31,34). The molecule has 0 unspecified atom stereocenters. The quantitative estimate of drug-likeness (QED) is 0.383. The van der Waals surface area contributed by atoms with Gasteiger partial charge in [-0.1, -0.05) is 12.1 Å². The maximum atomic E-state index is 13.8. The Kier molecular flexibility index (Phi) is 6.42. The highest BCUT2D eigenvalue weighted by Crippen LogP contribution is 2.38. The molecule has 0 atom stereocenters. The molecule has 1 aliphatic heterocycles. The molecule has 0 saturated carbocycles. The minimum absolute atomic E-state index is 0.0480. The molecule has 1 N–H and O–H groups in total. The van der Waals surface area contributed by atoms with Crippen LogP contribution in [0.4, 0.5) is 23.4 Å². The molecule has 5 rings (SSSR count). The number of oxazole rings is 1. The molecule has 2 aromatic carbocycles. The van der Waals surface area contributed by atoms with Gasteiger partial charge in [-0.2, -0.15) is 13.2 Å². The number of benzene rings is 2. The van der Waals surface area contributed by atoms with Gasteiger partial charge in [-0.3, -0.25) is 9.69 Å². The number of rotatable bonds is 5. The fraction of sp³-hybridized carbons (Fsp3) is 0.240. The molecule has 0 radical (unpaired) electrons. The second-order valence-corrected chi connectivity index (χ2v) is 8.22. The summed E-state index contributed by atoms with van der Waals surface area (Å²) in [7, 11) is 0. The molecule has 2 aromatic heterocycles. The molecule has 1 saturated heterocycles. The Morgan fingerprint density at radius 1 is 1.03 bits per heavy atom. The van der Waals surface area contributed by atoms with Crippen molar-refractivity contribution in [2.75, 3.05) is 31.6 Å². The summed E-state index contributed by atoms with van der Waals surface area (Å²) in [6.45, 7) is 3.48. The van der Waals surface area contributed by atoms with E-state index in [0.29, 0.717) is 43.8 Å². The minimum Gasteiger partial charge on any atom is -0.436 e. The fourth-order valence-electron chi connectivity index (χ4n) is 4.00. The molecular formula is C25H20F4N4O3. The monoisotopic (exact) mass is 500 g/mol. The maximum Gasteiger partial charge on any atom is 0.417 e. The Labute approximate surface area is 202 Å². The fourth-order valence-corrected chi connectivity index (χ4v) is 4.00. The van der Waals surface area contributed by atoms with E-state index >= 15 is 0 Å². The molecule has 0 aliphatic carbocycles. The van der Waals surface area contributed by atoms with Crippen molar-refractivity contribution in [3.63, 3.8) is 0 Å². The second-order valence-electron chi connectivity index (χ2n) is 8.22. The van der Waals surface area contributed by atoms with Crippen molar-refractivity contribution in [1.29, 1.82) is 0 Å². The number of nitrogens with one attached hydrogen (secondary N) is 1. The predicted octanol–water partition coefficient (Wildman–Crippen LogP) is 5.13. The van der Waals surface area contributed by atoms with Crippen LogP contribution in [0.3, 0.4) is 0 Å². The smallest absolute Gasteiger partial charge is 0.417 e. The normalized spacial score (nSPS) is 14.8. The molecular weight excluding hydrogens is 480 g/mol. The zero-order valence-electron chi connectivity index (χ0n) is 18.8. The Hall–Kier alpha value is -3.83. The van der Waals surface area contributed by atoms with E-state index in [9.17, 15) is 22.4 Å². The SMILES string of the molecule is O=C(Nc1cccc(CN2CCOCC2)n1)c1cccc2oc(-c3cc(F)ccc3C(F)(F)F)nc12. The molecule has 0 bridgehead atoms. The first kappa shape index (κ1) is 23.9. The lowest BCUT2D eigenvalue weighted by molar-refractivity contribution is -0.137. The zero-order valence-corrected chi connectivity index (χ0v) is 18.8. The third kappa shape index (κ3) is 5.07. The number of carbonyl (C=O) groups is 1. The van der Waals surface area contributed by atoms with Gasteiger partial charge in [0.1, 0.15) is 17.2 Å². The third-order valence-corrected chi connectivity index (χ3v) is 5.72. The summed E-state index contributed by atoms with van der Waals surface area (Å²) in [5.74, 6) is -1.56. The average Bonchev–Trinajstić information content (AvgIpc) is 3.28. The van der Waals surface area contributed by atoms with Crippen LogP contribution in [0.5, 0.6) is 0 Å². The van der Waals surface area contributed by atoms with Crippen molar-refractivity contribution in [2.45, 2.75) is 12.7 Å². The molecule has 1 fully saturated rings. The van der Waals surface area contributed by atoms with E-state index in [2.05, 4.69) is 20.2 Å². The highest BCUT2D eigenvalue weighted by molar-refractivity contribution is 6.11. The van der Waals surface area contributed by atoms with Crippen LogP contribution in [0.25, 0.3) is 22.6 Å². The Morgan fingerprint density at radius 3 is 2.58 bits per heavy atom. The lowest BCUT2D eigenvalue weighted by Crippen LogP contribution is -2.35. The Balaban J connectivity index is 1.43. The number of nitrogens with zero attached hydrogens (tertiary/aromatic N) is 3. The number of hydrogen-bond acceptors (Lipinski definition) is 6. The highest BCUT2D eigenvalue weighted by Gasteiger charge is 2.35. The van der Waals surface area contributed by atoms with E-state index in [1.54, 1.807) is 12.1 Å². The van der Waals surface area contributed by atoms with Gasteiger partial charge in [-0.15, -0.1) is 0 Å². The molecule has 1 aliphatic rings. The van der Waals surface area contributed by atoms with Gasteiger partial charge in [0, 0.05) is 19.6 Å². The average molecular weight is 500 g/mol. The topological polar surface area (TPSA) is 80.5 Å². The summed E-state index contributed by atoms with van der Waals surface area (Å²) in [5, 5.41) is 2.71. The van der Waals surface area contributed by atoms with Gasteiger partial charge in [-0.25, -0.2) is 14.4 Å². The molecule has 0 spiro atoms. The highest BCUT2D eigenvalue weighted by atomic mass is 19.4. The van der Waals surface area contributed by atoms with Gasteiger partial charge >= 0.3 is 6.18 Å². The maximum absolute atomic E-state index is 13.8. The van der Waals surface area contributed by atoms with Crippen LogP contribution in [0.2, 0.25) is 0 Å². The van der Waals surface area contributed by atoms with Crippen molar-refractivity contribution in [2.24, 2.45) is 0 Å². The number of anilines is 1. The van der Waals surface area contributed by atoms with E-state index in [4.69, 9.17) is 9.15 Å². The van der Waals surface area contributed by atoms with Crippen molar-refractivity contribution < 1.29 is 31.5 Å². The van der Waals surface area contributed by atoms with Crippen LogP contribution < -0.4 is 5.32 Å². The van der Waals surface area contributed by atoms with Gasteiger partial charge in [0.05, 0.1) is 35.6 Å². The number of hydrogen-bond donors (Lipinski definition) is 1. The molecule has 36 heavy (non-hydrogen) atoms. The van der Waals surface area contributed by atoms with Crippen LogP contribution >= 0.6 is 0 Å². The van der Waals surface area contributed by atoms with Gasteiger partial charge < -0.3 is 14.5 Å². The van der Waals surface area contributed by atoms with E-state index in [0.717, 1.165) is 18.8 Å². The third-order valence-electron chi connectivity index (χ3n) is 5.72. The van der Waals surface area contributed by atoms with Crippen molar-refractivity contribution in [3.05, 3.63) is 77.2 Å². The van der Waals surface area contributed by atoms with Crippen LogP contribution in [0.1, 0.15) is 21.6 Å². The number of pyridine rings is 1. The number of alkyl halides is 3. The summed E-state index contributed by atoms with van der Waals surface area (Å²) in [4.78, 5) is 23.9. The number of fused-ring (bicyclic) bond motifs is 1. The van der Waals surface area contributed by atoms with Crippen molar-refractivity contribution >= 4 is 22.8 Å². The zero-order chi connectivity index (χ0) is 25.3. The lowest BCUT2D eigenvalue weighted by Gasteiger charge is -2.26. The summed E-state index contributed by atoms with van der Waals surface area (Å²) >= 11 is 0. The number of morpholine rings is 1. The molecule has 11 heteroatoms. The molecule has 4 aromatic rings. The Bertz CT molecular complexity index is 1410. The Morgan fingerprint density at radius 2 is 1.81 bits per heavy atom. The number of para-hydroxylation sites is 1. The van der Waals surface area contributed by atoms with Crippen LogP contribution in [0, 0.1) is 5.82 Å². The second kappa shape index (κ2) is 9.67. The number of amides is 1. The van der Waals surface area contributed by atoms with Crippen molar-refractivity contribution in [3.8, 4) is 11.5 Å². The van der Waals surface area contributed by atoms with E-state index in [1.165, 1.54) is 18.2 Å². The first-order chi connectivity index (χ1) is 17.3. The van der Waals surface area contributed by atoms with Crippen LogP contribution in [-0.4, -0.2) is 47.1 Å². The first-order valence-corrected chi connectivity index (χ1v) is 11.1. The van der Waals surface area contributed by atoms with Gasteiger partial charge in [-0.05, 0) is 42.5 Å². The lowest BCUT2D eigenvalue weighted by atomic mass is 10.1. The van der Waals surface area contributed by atoms with E-state index in [1.807, 2.05) is 6.07 Å². The van der Waals surface area contributed by atoms with Gasteiger partial charge in [0.15, 0.2) is 5.58 Å². The van der Waals surface area contributed by atoms with Gasteiger partial charge in [0.2, 0.25) is 5.89 Å². The number of ether oxygens (including phenoxy) is 1. The largest absolute Gasteiger partial charge is 0.436 e. The molecule has 7 nitrogen and oxygen atoms in total. The number of halogens is 4. The summed E-state index contributed by atoms with van der Waals surface area (Å²) in [5.41, 5.74) is -0.670.